The zero-order valence-electron chi connectivity index (χ0n) is 12.9. The van der Waals surface area contributed by atoms with Crippen LogP contribution in [0.5, 0.6) is 0 Å². The van der Waals surface area contributed by atoms with E-state index in [1.165, 1.54) is 4.88 Å². The van der Waals surface area contributed by atoms with Crippen molar-refractivity contribution in [3.63, 3.8) is 0 Å². The Bertz CT molecular complexity index is 448. The van der Waals surface area contributed by atoms with Gasteiger partial charge in [0, 0.05) is 23.5 Å². The summed E-state index contributed by atoms with van der Waals surface area (Å²) in [5.74, 6) is 0.0203. The highest BCUT2D eigenvalue weighted by molar-refractivity contribution is 7.10. The predicted molar refractivity (Wildman–Crippen MR) is 85.3 cm³/mol. The number of carbonyl (C=O) groups excluding carboxylic acids is 1. The monoisotopic (exact) mass is 311 g/mol. The van der Waals surface area contributed by atoms with Crippen molar-refractivity contribution < 1.29 is 9.53 Å². The number of amides is 1. The van der Waals surface area contributed by atoms with Gasteiger partial charge < -0.3 is 15.8 Å². The summed E-state index contributed by atoms with van der Waals surface area (Å²) >= 11 is 1.69. The highest BCUT2D eigenvalue weighted by Gasteiger charge is 2.37. The van der Waals surface area contributed by atoms with Crippen molar-refractivity contribution in [2.75, 3.05) is 19.8 Å². The van der Waals surface area contributed by atoms with Gasteiger partial charge in [0.1, 0.15) is 6.04 Å². The first-order valence-corrected chi connectivity index (χ1v) is 8.31. The Balaban J connectivity index is 2.21. The van der Waals surface area contributed by atoms with E-state index in [1.54, 1.807) is 11.3 Å². The van der Waals surface area contributed by atoms with Crippen molar-refractivity contribution in [1.82, 2.24) is 10.2 Å². The lowest BCUT2D eigenvalue weighted by Crippen LogP contribution is -2.57. The van der Waals surface area contributed by atoms with Gasteiger partial charge in [0.2, 0.25) is 5.91 Å². The second kappa shape index (κ2) is 7.35. The molecule has 6 heteroatoms. The molecule has 1 aromatic rings. The van der Waals surface area contributed by atoms with Crippen molar-refractivity contribution in [1.29, 1.82) is 0 Å². The van der Waals surface area contributed by atoms with Gasteiger partial charge in [0.05, 0.1) is 19.3 Å². The van der Waals surface area contributed by atoms with Crippen molar-refractivity contribution in [3.8, 4) is 0 Å². The molecule has 0 aliphatic carbocycles. The standard InChI is InChI=1S/C15H25N3O2S/c1-10(2)17-15(19)12-9-20-7-6-18(12)14(11(3)16)13-5-4-8-21-13/h4-5,8,10-12,14H,6-7,9,16H2,1-3H3,(H,17,19). The molecule has 1 fully saturated rings. The third-order valence-electron chi connectivity index (χ3n) is 3.59. The third-order valence-corrected chi connectivity index (χ3v) is 4.54. The van der Waals surface area contributed by atoms with E-state index in [9.17, 15) is 4.79 Å². The van der Waals surface area contributed by atoms with Crippen LogP contribution in [0.15, 0.2) is 17.5 Å². The molecule has 3 atom stereocenters. The zero-order chi connectivity index (χ0) is 15.4. The summed E-state index contributed by atoms with van der Waals surface area (Å²) in [5, 5.41) is 5.03. The SMILES string of the molecule is CC(C)NC(=O)C1COCCN1C(c1cccs1)C(C)N. The maximum absolute atomic E-state index is 12.4. The van der Waals surface area contributed by atoms with Crippen LogP contribution in [0.3, 0.4) is 0 Å². The van der Waals surface area contributed by atoms with Gasteiger partial charge >= 0.3 is 0 Å². The number of nitrogens with zero attached hydrogens (tertiary/aromatic N) is 1. The van der Waals surface area contributed by atoms with Crippen molar-refractivity contribution >= 4 is 17.2 Å². The number of rotatable bonds is 5. The average Bonchev–Trinajstić information content (AvgIpc) is 2.92. The molecule has 0 saturated carbocycles. The molecular formula is C15H25N3O2S. The van der Waals surface area contributed by atoms with E-state index < -0.39 is 0 Å². The first-order chi connectivity index (χ1) is 10.0. The van der Waals surface area contributed by atoms with Crippen LogP contribution in [-0.2, 0) is 9.53 Å². The van der Waals surface area contributed by atoms with Crippen LogP contribution in [-0.4, -0.2) is 48.7 Å². The number of nitrogens with one attached hydrogen (secondary N) is 1. The van der Waals surface area contributed by atoms with Gasteiger partial charge in [-0.2, -0.15) is 0 Å². The third kappa shape index (κ3) is 4.03. The number of hydrogen-bond donors (Lipinski definition) is 2. The lowest BCUT2D eigenvalue weighted by molar-refractivity contribution is -0.135. The summed E-state index contributed by atoms with van der Waals surface area (Å²) in [7, 11) is 0. The van der Waals surface area contributed by atoms with Gasteiger partial charge in [-0.3, -0.25) is 9.69 Å². The molecular weight excluding hydrogens is 286 g/mol. The van der Waals surface area contributed by atoms with E-state index in [1.807, 2.05) is 32.2 Å². The summed E-state index contributed by atoms with van der Waals surface area (Å²) in [6.07, 6.45) is 0. The van der Waals surface area contributed by atoms with Gasteiger partial charge in [-0.05, 0) is 32.2 Å². The number of morpholine rings is 1. The van der Waals surface area contributed by atoms with Crippen LogP contribution in [0.1, 0.15) is 31.7 Å². The van der Waals surface area contributed by atoms with Gasteiger partial charge in [0.25, 0.3) is 0 Å². The maximum Gasteiger partial charge on any atom is 0.239 e. The molecule has 1 amide bonds. The fraction of sp³-hybridized carbons (Fsp3) is 0.667. The molecule has 3 unspecified atom stereocenters. The number of hydrogen-bond acceptors (Lipinski definition) is 5. The Morgan fingerprint density at radius 2 is 2.29 bits per heavy atom. The highest BCUT2D eigenvalue weighted by Crippen LogP contribution is 2.30. The van der Waals surface area contributed by atoms with E-state index in [2.05, 4.69) is 16.3 Å². The van der Waals surface area contributed by atoms with E-state index in [4.69, 9.17) is 10.5 Å². The summed E-state index contributed by atoms with van der Waals surface area (Å²) in [5.41, 5.74) is 6.21. The lowest BCUT2D eigenvalue weighted by Gasteiger charge is -2.41. The molecule has 0 radical (unpaired) electrons. The van der Waals surface area contributed by atoms with E-state index in [0.717, 1.165) is 6.54 Å². The Kier molecular flexibility index (Phi) is 5.75. The minimum absolute atomic E-state index is 0.0203. The quantitative estimate of drug-likeness (QED) is 0.862. The fourth-order valence-corrected chi connectivity index (χ4v) is 3.70. The number of nitrogens with two attached hydrogens (primary N) is 1. The van der Waals surface area contributed by atoms with Crippen LogP contribution in [0.4, 0.5) is 0 Å². The van der Waals surface area contributed by atoms with Crippen molar-refractivity contribution in [3.05, 3.63) is 22.4 Å². The second-order valence-electron chi connectivity index (χ2n) is 5.81. The van der Waals surface area contributed by atoms with Gasteiger partial charge in [-0.1, -0.05) is 6.07 Å². The molecule has 3 N–H and O–H groups in total. The normalized spacial score (nSPS) is 23.0. The maximum atomic E-state index is 12.4. The van der Waals surface area contributed by atoms with Crippen LogP contribution in [0, 0.1) is 0 Å². The molecule has 21 heavy (non-hydrogen) atoms. The minimum atomic E-state index is -0.278. The number of ether oxygens (including phenoxy) is 1. The molecule has 0 spiro atoms. The van der Waals surface area contributed by atoms with E-state index >= 15 is 0 Å². The van der Waals surface area contributed by atoms with Crippen molar-refractivity contribution in [2.24, 2.45) is 5.73 Å². The van der Waals surface area contributed by atoms with E-state index in [0.29, 0.717) is 13.2 Å². The van der Waals surface area contributed by atoms with Crippen LogP contribution < -0.4 is 11.1 Å². The summed E-state index contributed by atoms with van der Waals surface area (Å²) in [6, 6.07) is 3.97. The smallest absolute Gasteiger partial charge is 0.239 e. The number of carbonyl (C=O) groups is 1. The fourth-order valence-electron chi connectivity index (χ4n) is 2.74. The molecule has 5 nitrogen and oxygen atoms in total. The molecule has 118 valence electrons. The summed E-state index contributed by atoms with van der Waals surface area (Å²) < 4.78 is 5.52. The first kappa shape index (κ1) is 16.4. The molecule has 1 aromatic heterocycles. The Morgan fingerprint density at radius 3 is 2.86 bits per heavy atom. The average molecular weight is 311 g/mol. The first-order valence-electron chi connectivity index (χ1n) is 7.43. The highest BCUT2D eigenvalue weighted by atomic mass is 32.1. The largest absolute Gasteiger partial charge is 0.378 e. The van der Waals surface area contributed by atoms with Crippen LogP contribution in [0.25, 0.3) is 0 Å². The molecule has 1 saturated heterocycles. The summed E-state index contributed by atoms with van der Waals surface area (Å²) in [6.45, 7) is 7.72. The Hall–Kier alpha value is -0.950. The topological polar surface area (TPSA) is 67.6 Å². The lowest BCUT2D eigenvalue weighted by atomic mass is 10.0. The molecule has 1 aliphatic rings. The minimum Gasteiger partial charge on any atom is -0.378 e. The molecule has 0 aromatic carbocycles. The van der Waals surface area contributed by atoms with Crippen LogP contribution in [0.2, 0.25) is 0 Å². The zero-order valence-corrected chi connectivity index (χ0v) is 13.7. The molecule has 0 bridgehead atoms. The molecule has 2 rings (SSSR count). The second-order valence-corrected chi connectivity index (χ2v) is 6.79. The number of thiophene rings is 1. The van der Waals surface area contributed by atoms with Crippen LogP contribution >= 0.6 is 11.3 Å². The Labute approximate surface area is 130 Å². The van der Waals surface area contributed by atoms with Gasteiger partial charge in [-0.25, -0.2) is 0 Å². The van der Waals surface area contributed by atoms with Gasteiger partial charge in [0.15, 0.2) is 0 Å². The van der Waals surface area contributed by atoms with E-state index in [-0.39, 0.29) is 30.1 Å². The molecule has 2 heterocycles. The predicted octanol–water partition coefficient (Wildman–Crippen LogP) is 1.36. The van der Waals surface area contributed by atoms with Crippen molar-refractivity contribution in [2.45, 2.75) is 44.9 Å². The molecule has 1 aliphatic heterocycles. The Morgan fingerprint density at radius 1 is 1.52 bits per heavy atom. The van der Waals surface area contributed by atoms with Gasteiger partial charge in [-0.15, -0.1) is 11.3 Å². The summed E-state index contributed by atoms with van der Waals surface area (Å²) in [4.78, 5) is 15.8.